The smallest absolute Gasteiger partial charge is 0.170 e. The molecule has 0 atom stereocenters. The lowest BCUT2D eigenvalue weighted by molar-refractivity contribution is 0.286. The van der Waals surface area contributed by atoms with Gasteiger partial charge in [-0.1, -0.05) is 11.6 Å². The van der Waals surface area contributed by atoms with Crippen LogP contribution < -0.4 is 10.1 Å². The molecular formula is C15H21ClN4O. The van der Waals surface area contributed by atoms with E-state index in [9.17, 15) is 0 Å². The summed E-state index contributed by atoms with van der Waals surface area (Å²) >= 11 is 6.08. The van der Waals surface area contributed by atoms with Gasteiger partial charge < -0.3 is 14.6 Å². The molecule has 6 heteroatoms. The van der Waals surface area contributed by atoms with Crippen molar-refractivity contribution in [3.63, 3.8) is 0 Å². The van der Waals surface area contributed by atoms with Gasteiger partial charge in [0.15, 0.2) is 5.82 Å². The average Bonchev–Trinajstić information content (AvgIpc) is 2.80. The topological polar surface area (TPSA) is 52.0 Å². The van der Waals surface area contributed by atoms with Gasteiger partial charge in [0, 0.05) is 29.7 Å². The largest absolute Gasteiger partial charge is 0.485 e. The van der Waals surface area contributed by atoms with E-state index in [1.165, 1.54) is 0 Å². The van der Waals surface area contributed by atoms with Crippen LogP contribution >= 0.6 is 11.6 Å². The number of ether oxygens (including phenoxy) is 1. The molecule has 0 aliphatic heterocycles. The van der Waals surface area contributed by atoms with Crippen LogP contribution in [0.3, 0.4) is 0 Å². The van der Waals surface area contributed by atoms with Crippen molar-refractivity contribution in [2.75, 3.05) is 0 Å². The van der Waals surface area contributed by atoms with Gasteiger partial charge in [0.05, 0.1) is 0 Å². The minimum absolute atomic E-state index is 0.0309. The van der Waals surface area contributed by atoms with E-state index in [1.807, 2.05) is 29.8 Å². The van der Waals surface area contributed by atoms with Crippen LogP contribution in [0.15, 0.2) is 24.5 Å². The predicted octanol–water partition coefficient (Wildman–Crippen LogP) is 2.94. The van der Waals surface area contributed by atoms with Gasteiger partial charge in [-0.05, 0) is 39.0 Å². The van der Waals surface area contributed by atoms with Gasteiger partial charge in [0.25, 0.3) is 0 Å². The second kappa shape index (κ2) is 6.45. The Morgan fingerprint density at radius 2 is 2.10 bits per heavy atom. The number of hydrogen-bond donors (Lipinski definition) is 1. The molecule has 2 rings (SSSR count). The molecule has 21 heavy (non-hydrogen) atoms. The summed E-state index contributed by atoms with van der Waals surface area (Å²) < 4.78 is 7.70. The van der Waals surface area contributed by atoms with Gasteiger partial charge in [-0.2, -0.15) is 0 Å². The maximum atomic E-state index is 6.08. The van der Waals surface area contributed by atoms with Crippen molar-refractivity contribution in [3.8, 4) is 5.75 Å². The molecule has 1 aromatic carbocycles. The molecule has 5 nitrogen and oxygen atoms in total. The normalized spacial score (nSPS) is 11.7. The first kappa shape index (κ1) is 15.8. The number of halogens is 1. The van der Waals surface area contributed by atoms with Crippen molar-refractivity contribution in [2.45, 2.75) is 39.5 Å². The van der Waals surface area contributed by atoms with Crippen LogP contribution in [0.25, 0.3) is 0 Å². The first-order valence-electron chi connectivity index (χ1n) is 6.84. The standard InChI is InChI=1S/C15H21ClN4O/c1-15(2,3)17-8-11-7-12(16)5-6-13(11)21-9-14-19-18-10-20(14)4/h5-7,10,17H,8-9H2,1-4H3. The Bertz CT molecular complexity index is 604. The third-order valence-electron chi connectivity index (χ3n) is 2.99. The first-order chi connectivity index (χ1) is 9.85. The van der Waals surface area contributed by atoms with E-state index in [2.05, 4.69) is 36.3 Å². The predicted molar refractivity (Wildman–Crippen MR) is 83.4 cm³/mol. The SMILES string of the molecule is Cn1cnnc1COc1ccc(Cl)cc1CNC(C)(C)C. The molecule has 2 aromatic rings. The quantitative estimate of drug-likeness (QED) is 0.922. The van der Waals surface area contributed by atoms with E-state index in [1.54, 1.807) is 6.33 Å². The summed E-state index contributed by atoms with van der Waals surface area (Å²) in [4.78, 5) is 0. The highest BCUT2D eigenvalue weighted by Crippen LogP contribution is 2.24. The number of aryl methyl sites for hydroxylation is 1. The van der Waals surface area contributed by atoms with E-state index in [0.29, 0.717) is 18.2 Å². The van der Waals surface area contributed by atoms with E-state index in [0.717, 1.165) is 17.1 Å². The molecule has 1 N–H and O–H groups in total. The van der Waals surface area contributed by atoms with E-state index in [-0.39, 0.29) is 5.54 Å². The molecule has 0 amide bonds. The summed E-state index contributed by atoms with van der Waals surface area (Å²) in [7, 11) is 1.89. The van der Waals surface area contributed by atoms with Crippen molar-refractivity contribution in [3.05, 3.63) is 40.9 Å². The molecule has 0 saturated heterocycles. The third kappa shape index (κ3) is 4.72. The Morgan fingerprint density at radius 1 is 1.33 bits per heavy atom. The average molecular weight is 309 g/mol. The molecule has 0 saturated carbocycles. The van der Waals surface area contributed by atoms with Gasteiger partial charge in [0.1, 0.15) is 18.7 Å². The molecule has 0 aliphatic rings. The van der Waals surface area contributed by atoms with Crippen LogP contribution in [-0.2, 0) is 20.2 Å². The molecule has 0 radical (unpaired) electrons. The fourth-order valence-electron chi connectivity index (χ4n) is 1.77. The van der Waals surface area contributed by atoms with Crippen LogP contribution in [0.1, 0.15) is 32.2 Å². The maximum absolute atomic E-state index is 6.08. The van der Waals surface area contributed by atoms with Gasteiger partial charge in [-0.3, -0.25) is 0 Å². The van der Waals surface area contributed by atoms with Gasteiger partial charge in [-0.15, -0.1) is 10.2 Å². The van der Waals surface area contributed by atoms with Crippen molar-refractivity contribution in [1.82, 2.24) is 20.1 Å². The Hall–Kier alpha value is -1.59. The highest BCUT2D eigenvalue weighted by atomic mass is 35.5. The number of nitrogens with one attached hydrogen (secondary N) is 1. The summed E-state index contributed by atoms with van der Waals surface area (Å²) in [5, 5.41) is 12.0. The number of hydrogen-bond acceptors (Lipinski definition) is 4. The molecule has 0 fully saturated rings. The molecular weight excluding hydrogens is 288 g/mol. The number of rotatable bonds is 5. The molecule has 0 spiro atoms. The molecule has 0 aliphatic carbocycles. The molecule has 0 bridgehead atoms. The fourth-order valence-corrected chi connectivity index (χ4v) is 1.96. The van der Waals surface area contributed by atoms with Crippen molar-refractivity contribution < 1.29 is 4.74 Å². The highest BCUT2D eigenvalue weighted by Gasteiger charge is 2.12. The lowest BCUT2D eigenvalue weighted by Crippen LogP contribution is -2.35. The Balaban J connectivity index is 2.09. The summed E-state index contributed by atoms with van der Waals surface area (Å²) in [5.41, 5.74) is 1.06. The van der Waals surface area contributed by atoms with E-state index < -0.39 is 0 Å². The molecule has 114 valence electrons. The van der Waals surface area contributed by atoms with Crippen LogP contribution in [0.5, 0.6) is 5.75 Å². The Kier molecular flexibility index (Phi) is 4.85. The second-order valence-corrected chi connectivity index (χ2v) is 6.44. The zero-order valence-corrected chi connectivity index (χ0v) is 13.6. The first-order valence-corrected chi connectivity index (χ1v) is 7.22. The van der Waals surface area contributed by atoms with Gasteiger partial charge >= 0.3 is 0 Å². The monoisotopic (exact) mass is 308 g/mol. The van der Waals surface area contributed by atoms with Crippen LogP contribution in [0, 0.1) is 0 Å². The summed E-state index contributed by atoms with van der Waals surface area (Å²) in [6.45, 7) is 7.44. The minimum Gasteiger partial charge on any atom is -0.485 e. The lowest BCUT2D eigenvalue weighted by Gasteiger charge is -2.21. The highest BCUT2D eigenvalue weighted by molar-refractivity contribution is 6.30. The van der Waals surface area contributed by atoms with E-state index >= 15 is 0 Å². The van der Waals surface area contributed by atoms with E-state index in [4.69, 9.17) is 16.3 Å². The Labute approximate surface area is 130 Å². The number of aromatic nitrogens is 3. The zero-order valence-electron chi connectivity index (χ0n) is 12.9. The Morgan fingerprint density at radius 3 is 2.71 bits per heavy atom. The van der Waals surface area contributed by atoms with Crippen molar-refractivity contribution in [2.24, 2.45) is 7.05 Å². The zero-order chi connectivity index (χ0) is 15.5. The third-order valence-corrected chi connectivity index (χ3v) is 3.23. The van der Waals surface area contributed by atoms with Crippen molar-refractivity contribution >= 4 is 11.6 Å². The number of nitrogens with zero attached hydrogens (tertiary/aromatic N) is 3. The van der Waals surface area contributed by atoms with Crippen LogP contribution in [0.4, 0.5) is 0 Å². The molecule has 0 unspecified atom stereocenters. The maximum Gasteiger partial charge on any atom is 0.170 e. The number of benzene rings is 1. The summed E-state index contributed by atoms with van der Waals surface area (Å²) in [6, 6.07) is 5.64. The second-order valence-electron chi connectivity index (χ2n) is 6.00. The fraction of sp³-hybridized carbons (Fsp3) is 0.467. The molecule has 1 heterocycles. The van der Waals surface area contributed by atoms with Gasteiger partial charge in [0.2, 0.25) is 0 Å². The molecule has 1 aromatic heterocycles. The summed E-state index contributed by atoms with van der Waals surface area (Å²) in [6.07, 6.45) is 1.66. The van der Waals surface area contributed by atoms with Crippen molar-refractivity contribution in [1.29, 1.82) is 0 Å². The minimum atomic E-state index is 0.0309. The van der Waals surface area contributed by atoms with Gasteiger partial charge in [-0.25, -0.2) is 0 Å². The lowest BCUT2D eigenvalue weighted by atomic mass is 10.1. The summed E-state index contributed by atoms with van der Waals surface area (Å²) in [5.74, 6) is 1.58. The van der Waals surface area contributed by atoms with Crippen LogP contribution in [-0.4, -0.2) is 20.3 Å². The van der Waals surface area contributed by atoms with Crippen LogP contribution in [0.2, 0.25) is 5.02 Å².